The minimum absolute atomic E-state index is 0.0887. The van der Waals surface area contributed by atoms with Gasteiger partial charge in [0.1, 0.15) is 6.10 Å². The minimum Gasteiger partial charge on any atom is -0.492 e. The Balaban J connectivity index is 1.06. The van der Waals surface area contributed by atoms with E-state index in [4.69, 9.17) is 9.57 Å². The third-order valence-electron chi connectivity index (χ3n) is 12.6. The topological polar surface area (TPSA) is 110 Å². The first kappa shape index (κ1) is 33.7. The summed E-state index contributed by atoms with van der Waals surface area (Å²) in [5.41, 5.74) is 2.24. The molecule has 0 aromatic carbocycles. The van der Waals surface area contributed by atoms with E-state index in [-0.39, 0.29) is 29.7 Å². The van der Waals surface area contributed by atoms with E-state index in [0.717, 1.165) is 54.8 Å². The molecule has 5 rings (SSSR count). The van der Waals surface area contributed by atoms with E-state index in [1.54, 1.807) is 0 Å². The van der Waals surface area contributed by atoms with Crippen LogP contribution in [0.1, 0.15) is 125 Å². The molecular formula is C37H58N2O6. The molecule has 0 saturated heterocycles. The lowest BCUT2D eigenvalue weighted by Crippen LogP contribution is -2.51. The first-order valence-electron chi connectivity index (χ1n) is 17.9. The Bertz CT molecular complexity index is 1200. The Morgan fingerprint density at radius 3 is 2.47 bits per heavy atom. The van der Waals surface area contributed by atoms with Gasteiger partial charge in [0.2, 0.25) is 11.8 Å². The molecule has 45 heavy (non-hydrogen) atoms. The van der Waals surface area contributed by atoms with E-state index in [2.05, 4.69) is 46.0 Å². The summed E-state index contributed by atoms with van der Waals surface area (Å²) in [7, 11) is 0. The van der Waals surface area contributed by atoms with E-state index in [1.807, 2.05) is 0 Å². The van der Waals surface area contributed by atoms with Crippen LogP contribution in [0.15, 0.2) is 23.8 Å². The van der Waals surface area contributed by atoms with Crippen LogP contribution in [0.25, 0.3) is 0 Å². The van der Waals surface area contributed by atoms with E-state index in [0.29, 0.717) is 29.5 Å². The molecule has 1 aromatic rings. The van der Waals surface area contributed by atoms with Crippen molar-refractivity contribution in [3.63, 3.8) is 0 Å². The van der Waals surface area contributed by atoms with Crippen LogP contribution < -0.4 is 10.2 Å². The lowest BCUT2D eigenvalue weighted by atomic mass is 9.47. The SMILES string of the molecule is CC(C)CCCC(C)C1CCC2C3CC=C4CC(OC(=O)NCCCCC(=O)On5c(O)ccc5O)CCC4(C)C3CCC12C. The summed E-state index contributed by atoms with van der Waals surface area (Å²) in [5.74, 6) is 3.63. The van der Waals surface area contributed by atoms with Crippen molar-refractivity contribution in [2.45, 2.75) is 131 Å². The van der Waals surface area contributed by atoms with E-state index in [9.17, 15) is 19.8 Å². The smallest absolute Gasteiger partial charge is 0.407 e. The van der Waals surface area contributed by atoms with Crippen LogP contribution in [0.3, 0.4) is 0 Å². The van der Waals surface area contributed by atoms with E-state index in [1.165, 1.54) is 69.1 Å². The Labute approximate surface area is 270 Å². The van der Waals surface area contributed by atoms with Crippen LogP contribution in [-0.4, -0.2) is 39.7 Å². The van der Waals surface area contributed by atoms with Gasteiger partial charge < -0.3 is 25.1 Å². The quantitative estimate of drug-likeness (QED) is 0.160. The van der Waals surface area contributed by atoms with Crippen molar-refractivity contribution in [1.29, 1.82) is 0 Å². The van der Waals surface area contributed by atoms with E-state index >= 15 is 0 Å². The first-order valence-corrected chi connectivity index (χ1v) is 17.9. The molecule has 0 bridgehead atoms. The Hall–Kier alpha value is -2.64. The predicted octanol–water partition coefficient (Wildman–Crippen LogP) is 8.16. The zero-order valence-electron chi connectivity index (χ0n) is 28.4. The number of rotatable bonds is 12. The molecule has 252 valence electrons. The number of alkyl carbamates (subject to hydrolysis) is 1. The molecule has 8 nitrogen and oxygen atoms in total. The third-order valence-corrected chi connectivity index (χ3v) is 12.6. The van der Waals surface area contributed by atoms with Crippen LogP contribution in [0, 0.1) is 46.3 Å². The zero-order valence-corrected chi connectivity index (χ0v) is 28.4. The summed E-state index contributed by atoms with van der Waals surface area (Å²) in [6.07, 6.45) is 16.9. The van der Waals surface area contributed by atoms with Crippen molar-refractivity contribution in [2.75, 3.05) is 6.54 Å². The second kappa shape index (κ2) is 14.0. The molecule has 8 unspecified atom stereocenters. The van der Waals surface area contributed by atoms with Crippen LogP contribution in [0.2, 0.25) is 0 Å². The highest BCUT2D eigenvalue weighted by Gasteiger charge is 2.59. The van der Waals surface area contributed by atoms with Crippen molar-refractivity contribution in [3.8, 4) is 11.8 Å². The van der Waals surface area contributed by atoms with Gasteiger partial charge in [-0.1, -0.05) is 65.5 Å². The third kappa shape index (κ3) is 7.20. The van der Waals surface area contributed by atoms with Gasteiger partial charge in [-0.3, -0.25) is 0 Å². The largest absolute Gasteiger partial charge is 0.492 e. The van der Waals surface area contributed by atoms with Crippen molar-refractivity contribution >= 4 is 12.1 Å². The number of carbonyl (C=O) groups excluding carboxylic acids is 2. The second-order valence-corrected chi connectivity index (χ2v) is 15.8. The molecule has 4 aliphatic carbocycles. The number of hydrogen-bond donors (Lipinski definition) is 3. The number of carbonyl (C=O) groups is 2. The molecule has 0 spiro atoms. The van der Waals surface area contributed by atoms with Crippen LogP contribution >= 0.6 is 0 Å². The highest BCUT2D eigenvalue weighted by atomic mass is 16.7. The molecule has 8 heteroatoms. The molecule has 4 aliphatic rings. The molecule has 8 atom stereocenters. The molecular weight excluding hydrogens is 568 g/mol. The van der Waals surface area contributed by atoms with Gasteiger partial charge in [0.15, 0.2) is 0 Å². The van der Waals surface area contributed by atoms with Gasteiger partial charge in [-0.15, -0.1) is 4.73 Å². The normalized spacial score (nSPS) is 33.0. The number of aromatic nitrogens is 1. The average molecular weight is 627 g/mol. The fraction of sp³-hybridized carbons (Fsp3) is 0.784. The number of allylic oxidation sites excluding steroid dienone is 1. The molecule has 1 heterocycles. The lowest BCUT2D eigenvalue weighted by molar-refractivity contribution is -0.145. The number of unbranched alkanes of at least 4 members (excludes halogenated alkanes) is 1. The van der Waals surface area contributed by atoms with Gasteiger partial charge >= 0.3 is 12.1 Å². The molecule has 1 aromatic heterocycles. The number of hydrogen-bond acceptors (Lipinski definition) is 6. The zero-order chi connectivity index (χ0) is 32.4. The number of ether oxygens (including phenoxy) is 1. The van der Waals surface area contributed by atoms with Gasteiger partial charge in [-0.25, -0.2) is 9.59 Å². The summed E-state index contributed by atoms with van der Waals surface area (Å²) >= 11 is 0. The van der Waals surface area contributed by atoms with Gasteiger partial charge in [0.05, 0.1) is 0 Å². The summed E-state index contributed by atoms with van der Waals surface area (Å²) in [6, 6.07) is 2.47. The van der Waals surface area contributed by atoms with Gasteiger partial charge in [-0.2, -0.15) is 0 Å². The van der Waals surface area contributed by atoms with Crippen LogP contribution in [0.5, 0.6) is 11.8 Å². The Morgan fingerprint density at radius 1 is 0.978 bits per heavy atom. The van der Waals surface area contributed by atoms with Gasteiger partial charge in [0, 0.05) is 31.5 Å². The standard InChI is InChI=1S/C37H58N2O6/c1-24(2)9-8-10-25(3)29-14-15-30-28-13-12-26-23-27(18-20-36(26,4)31(28)19-21-37(29,30)5)44-35(43)38-22-7-6-11-34(42)45-39-32(40)16-17-33(39)41/h12,16-17,24-25,27-31,40-41H,6-11,13-15,18-23H2,1-5H3,(H,38,43). The highest BCUT2D eigenvalue weighted by Crippen LogP contribution is 2.67. The average Bonchev–Trinajstić information content (AvgIpc) is 3.50. The molecule has 3 saturated carbocycles. The molecule has 1 amide bonds. The van der Waals surface area contributed by atoms with Crippen LogP contribution in [-0.2, 0) is 9.53 Å². The summed E-state index contributed by atoms with van der Waals surface area (Å²) in [5, 5.41) is 22.0. The maximum absolute atomic E-state index is 12.6. The lowest BCUT2D eigenvalue weighted by Gasteiger charge is -2.58. The fourth-order valence-electron chi connectivity index (χ4n) is 10.2. The fourth-order valence-corrected chi connectivity index (χ4v) is 10.2. The van der Waals surface area contributed by atoms with Gasteiger partial charge in [0.25, 0.3) is 0 Å². The van der Waals surface area contributed by atoms with Crippen LogP contribution in [0.4, 0.5) is 4.79 Å². The second-order valence-electron chi connectivity index (χ2n) is 15.8. The van der Waals surface area contributed by atoms with Crippen molar-refractivity contribution in [1.82, 2.24) is 10.0 Å². The van der Waals surface area contributed by atoms with Gasteiger partial charge in [-0.05, 0) is 104 Å². The Morgan fingerprint density at radius 2 is 1.73 bits per heavy atom. The number of nitrogens with one attached hydrogen (secondary N) is 1. The summed E-state index contributed by atoms with van der Waals surface area (Å²) < 4.78 is 6.56. The monoisotopic (exact) mass is 626 g/mol. The Kier molecular flexibility index (Phi) is 10.5. The highest BCUT2D eigenvalue weighted by molar-refractivity contribution is 5.70. The van der Waals surface area contributed by atoms with Crippen molar-refractivity contribution in [2.24, 2.45) is 46.3 Å². The predicted molar refractivity (Wildman–Crippen MR) is 175 cm³/mol. The minimum atomic E-state index is -0.574. The summed E-state index contributed by atoms with van der Waals surface area (Å²) in [6.45, 7) is 12.8. The molecule has 0 aliphatic heterocycles. The molecule has 3 fully saturated rings. The maximum Gasteiger partial charge on any atom is 0.407 e. The number of nitrogens with zero attached hydrogens (tertiary/aromatic N) is 1. The van der Waals surface area contributed by atoms with E-state index < -0.39 is 12.1 Å². The molecule has 0 radical (unpaired) electrons. The first-order chi connectivity index (χ1) is 21.4. The van der Waals surface area contributed by atoms with Crippen molar-refractivity contribution < 1.29 is 29.4 Å². The molecule has 3 N–H and O–H groups in total. The number of aromatic hydroxyl groups is 2. The number of fused-ring (bicyclic) bond motifs is 5. The number of amides is 1. The van der Waals surface area contributed by atoms with Crippen molar-refractivity contribution in [3.05, 3.63) is 23.8 Å². The summed E-state index contributed by atoms with van der Waals surface area (Å²) in [4.78, 5) is 29.5. The maximum atomic E-state index is 12.6.